The molecular formula is C20H26F2N2O2. The number of amides is 1. The number of hydrogen-bond acceptors (Lipinski definition) is 3. The summed E-state index contributed by atoms with van der Waals surface area (Å²) in [4.78, 5) is 17.4. The summed E-state index contributed by atoms with van der Waals surface area (Å²) in [6.45, 7) is 1.08. The van der Waals surface area contributed by atoms with E-state index in [1.165, 1.54) is 12.8 Å². The molecule has 2 heterocycles. The molecule has 3 aliphatic rings. The molecule has 1 aliphatic carbocycles. The van der Waals surface area contributed by atoms with E-state index in [4.69, 9.17) is 0 Å². The van der Waals surface area contributed by atoms with Crippen molar-refractivity contribution in [3.05, 3.63) is 29.8 Å². The van der Waals surface area contributed by atoms with Crippen molar-refractivity contribution < 1.29 is 18.3 Å². The van der Waals surface area contributed by atoms with Crippen LogP contribution in [0.5, 0.6) is 5.75 Å². The van der Waals surface area contributed by atoms with Crippen molar-refractivity contribution in [2.75, 3.05) is 26.2 Å². The minimum Gasteiger partial charge on any atom is -0.434 e. The van der Waals surface area contributed by atoms with Gasteiger partial charge >= 0.3 is 6.61 Å². The molecule has 26 heavy (non-hydrogen) atoms. The number of alkyl halides is 2. The fourth-order valence-electron chi connectivity index (χ4n) is 4.50. The van der Waals surface area contributed by atoms with Crippen molar-refractivity contribution >= 4 is 5.91 Å². The average molecular weight is 364 g/mol. The SMILES string of the molecule is O=C1N(CC2CC2)CCCC12CCN(Cc1ccccc1OC(F)F)C2. The molecule has 1 aromatic rings. The van der Waals surface area contributed by atoms with Crippen LogP contribution < -0.4 is 4.74 Å². The Morgan fingerprint density at radius 1 is 1.19 bits per heavy atom. The molecule has 2 aliphatic heterocycles. The van der Waals surface area contributed by atoms with Crippen molar-refractivity contribution in [2.24, 2.45) is 11.3 Å². The van der Waals surface area contributed by atoms with Crippen LogP contribution in [0.25, 0.3) is 0 Å². The lowest BCUT2D eigenvalue weighted by Gasteiger charge is -2.39. The number of halogens is 2. The summed E-state index contributed by atoms with van der Waals surface area (Å²) in [5.74, 6) is 1.26. The lowest BCUT2D eigenvalue weighted by atomic mass is 9.78. The first kappa shape index (κ1) is 17.7. The molecule has 4 rings (SSSR count). The van der Waals surface area contributed by atoms with Gasteiger partial charge in [0.05, 0.1) is 5.41 Å². The fraction of sp³-hybridized carbons (Fsp3) is 0.650. The highest BCUT2D eigenvalue weighted by Gasteiger charge is 2.48. The number of nitrogens with zero attached hydrogens (tertiary/aromatic N) is 2. The van der Waals surface area contributed by atoms with E-state index in [-0.39, 0.29) is 11.2 Å². The molecule has 1 saturated carbocycles. The Bertz CT molecular complexity index is 665. The predicted molar refractivity (Wildman–Crippen MR) is 93.9 cm³/mol. The van der Waals surface area contributed by atoms with Crippen LogP contribution in [0.1, 0.15) is 37.7 Å². The van der Waals surface area contributed by atoms with Crippen molar-refractivity contribution in [1.82, 2.24) is 9.80 Å². The molecule has 1 spiro atoms. The molecular weight excluding hydrogens is 338 g/mol. The molecule has 0 N–H and O–H groups in total. The zero-order valence-electron chi connectivity index (χ0n) is 15.0. The monoisotopic (exact) mass is 364 g/mol. The van der Waals surface area contributed by atoms with Crippen molar-refractivity contribution in [3.8, 4) is 5.75 Å². The van der Waals surface area contributed by atoms with Gasteiger partial charge in [0, 0.05) is 31.7 Å². The van der Waals surface area contributed by atoms with Crippen molar-refractivity contribution in [2.45, 2.75) is 45.3 Å². The van der Waals surface area contributed by atoms with Crippen LogP contribution in [0.15, 0.2) is 24.3 Å². The number of carbonyl (C=O) groups excluding carboxylic acids is 1. The molecule has 1 atom stereocenters. The van der Waals surface area contributed by atoms with E-state index in [1.807, 2.05) is 12.1 Å². The van der Waals surface area contributed by atoms with Crippen LogP contribution in [0.3, 0.4) is 0 Å². The number of benzene rings is 1. The summed E-state index contributed by atoms with van der Waals surface area (Å²) < 4.78 is 29.9. The first-order valence-corrected chi connectivity index (χ1v) is 9.60. The maximum atomic E-state index is 13.1. The maximum Gasteiger partial charge on any atom is 0.387 e. The van der Waals surface area contributed by atoms with Gasteiger partial charge in [0.25, 0.3) is 0 Å². The topological polar surface area (TPSA) is 32.8 Å². The average Bonchev–Trinajstić information content (AvgIpc) is 3.34. The molecule has 4 nitrogen and oxygen atoms in total. The molecule has 0 aromatic heterocycles. The standard InChI is InChI=1S/C20H26F2N2O2/c21-19(22)26-17-5-2-1-4-16(17)13-23-11-9-20(14-23)8-3-10-24(18(20)25)12-15-6-7-15/h1-2,4-5,15,19H,3,6-14H2. The zero-order valence-corrected chi connectivity index (χ0v) is 15.0. The molecule has 0 radical (unpaired) electrons. The zero-order chi connectivity index (χ0) is 18.1. The molecule has 1 amide bonds. The number of rotatable bonds is 6. The molecule has 0 bridgehead atoms. The van der Waals surface area contributed by atoms with Crippen LogP contribution in [-0.2, 0) is 11.3 Å². The molecule has 6 heteroatoms. The molecule has 142 valence electrons. The van der Waals surface area contributed by atoms with Gasteiger partial charge in [-0.25, -0.2) is 0 Å². The van der Waals surface area contributed by atoms with Gasteiger partial charge in [-0.15, -0.1) is 0 Å². The number of ether oxygens (including phenoxy) is 1. The van der Waals surface area contributed by atoms with Gasteiger partial charge in [-0.05, 0) is 50.6 Å². The van der Waals surface area contributed by atoms with Crippen LogP contribution in [0, 0.1) is 11.3 Å². The van der Waals surface area contributed by atoms with Gasteiger partial charge in [0.2, 0.25) is 5.91 Å². The molecule has 1 aromatic carbocycles. The maximum absolute atomic E-state index is 13.1. The highest BCUT2D eigenvalue weighted by Crippen LogP contribution is 2.42. The summed E-state index contributed by atoms with van der Waals surface area (Å²) >= 11 is 0. The highest BCUT2D eigenvalue weighted by atomic mass is 19.3. The van der Waals surface area contributed by atoms with Gasteiger partial charge in [0.15, 0.2) is 0 Å². The summed E-state index contributed by atoms with van der Waals surface area (Å²) in [5, 5.41) is 0. The molecule has 2 saturated heterocycles. The third-order valence-corrected chi connectivity index (χ3v) is 6.02. The number of para-hydroxylation sites is 1. The highest BCUT2D eigenvalue weighted by molar-refractivity contribution is 5.84. The number of piperidine rings is 1. The summed E-state index contributed by atoms with van der Waals surface area (Å²) in [7, 11) is 0. The third-order valence-electron chi connectivity index (χ3n) is 6.02. The second kappa shape index (κ2) is 7.14. The van der Waals surface area contributed by atoms with Crippen LogP contribution in [0.2, 0.25) is 0 Å². The number of carbonyl (C=O) groups is 1. The lowest BCUT2D eigenvalue weighted by Crippen LogP contribution is -2.50. The van der Waals surface area contributed by atoms with Crippen molar-refractivity contribution in [3.63, 3.8) is 0 Å². The Kier molecular flexibility index (Phi) is 4.86. The Morgan fingerprint density at radius 2 is 2.00 bits per heavy atom. The van der Waals surface area contributed by atoms with Crippen LogP contribution in [0.4, 0.5) is 8.78 Å². The van der Waals surface area contributed by atoms with E-state index in [9.17, 15) is 13.6 Å². The van der Waals surface area contributed by atoms with Crippen molar-refractivity contribution in [1.29, 1.82) is 0 Å². The van der Waals surface area contributed by atoms with E-state index >= 15 is 0 Å². The fourth-order valence-corrected chi connectivity index (χ4v) is 4.50. The smallest absolute Gasteiger partial charge is 0.387 e. The second-order valence-corrected chi connectivity index (χ2v) is 8.03. The predicted octanol–water partition coefficient (Wildman–Crippen LogP) is 3.51. The second-order valence-electron chi connectivity index (χ2n) is 8.03. The number of likely N-dealkylation sites (tertiary alicyclic amines) is 2. The Balaban J connectivity index is 1.42. The van der Waals surface area contributed by atoms with Gasteiger partial charge in [0.1, 0.15) is 5.75 Å². The third kappa shape index (κ3) is 3.70. The first-order valence-electron chi connectivity index (χ1n) is 9.60. The first-order chi connectivity index (χ1) is 12.6. The van der Waals surface area contributed by atoms with E-state index < -0.39 is 6.61 Å². The van der Waals surface area contributed by atoms with Crippen LogP contribution in [-0.4, -0.2) is 48.5 Å². The van der Waals surface area contributed by atoms with Crippen LogP contribution >= 0.6 is 0 Å². The molecule has 1 unspecified atom stereocenters. The largest absolute Gasteiger partial charge is 0.434 e. The van der Waals surface area contributed by atoms with E-state index in [1.54, 1.807) is 12.1 Å². The quantitative estimate of drug-likeness (QED) is 0.774. The Labute approximate surface area is 153 Å². The Morgan fingerprint density at radius 3 is 2.77 bits per heavy atom. The summed E-state index contributed by atoms with van der Waals surface area (Å²) in [6, 6.07) is 6.94. The van der Waals surface area contributed by atoms with Gasteiger partial charge in [-0.2, -0.15) is 8.78 Å². The minimum atomic E-state index is -2.82. The van der Waals surface area contributed by atoms with E-state index in [2.05, 4.69) is 14.5 Å². The summed E-state index contributed by atoms with van der Waals surface area (Å²) in [5.41, 5.74) is 0.481. The van der Waals surface area contributed by atoms with E-state index in [0.29, 0.717) is 18.4 Å². The number of hydrogen-bond donors (Lipinski definition) is 0. The van der Waals surface area contributed by atoms with Gasteiger partial charge in [-0.1, -0.05) is 18.2 Å². The minimum absolute atomic E-state index is 0.230. The lowest BCUT2D eigenvalue weighted by molar-refractivity contribution is -0.145. The molecule has 3 fully saturated rings. The van der Waals surface area contributed by atoms with Gasteiger partial charge in [-0.3, -0.25) is 9.69 Å². The summed E-state index contributed by atoms with van der Waals surface area (Å²) in [6.07, 6.45) is 5.38. The van der Waals surface area contributed by atoms with E-state index in [0.717, 1.165) is 51.0 Å². The van der Waals surface area contributed by atoms with Gasteiger partial charge < -0.3 is 9.64 Å². The Hall–Kier alpha value is -1.69. The normalized spacial score (nSPS) is 26.9.